The molecule has 4 rings (SSSR count). The molecule has 0 unspecified atom stereocenters. The number of nitrogens with zero attached hydrogens (tertiary/aromatic N) is 4. The van der Waals surface area contributed by atoms with E-state index in [0.29, 0.717) is 10.9 Å². The molecule has 1 saturated heterocycles. The molecule has 0 aliphatic carbocycles. The van der Waals surface area contributed by atoms with Crippen LogP contribution in [0.4, 0.5) is 0 Å². The lowest BCUT2D eigenvalue weighted by atomic mass is 10.1. The van der Waals surface area contributed by atoms with Gasteiger partial charge in [-0.25, -0.2) is 15.0 Å². The van der Waals surface area contributed by atoms with Crippen molar-refractivity contribution in [1.82, 2.24) is 19.9 Å². The van der Waals surface area contributed by atoms with Gasteiger partial charge in [0.2, 0.25) is 5.91 Å². The van der Waals surface area contributed by atoms with E-state index in [-0.39, 0.29) is 5.91 Å². The lowest BCUT2D eigenvalue weighted by Crippen LogP contribution is -2.29. The summed E-state index contributed by atoms with van der Waals surface area (Å²) in [7, 11) is 0. The first kappa shape index (κ1) is 16.5. The summed E-state index contributed by atoms with van der Waals surface area (Å²) in [6.45, 7) is 3.73. The van der Waals surface area contributed by atoms with Crippen molar-refractivity contribution in [3.63, 3.8) is 0 Å². The molecule has 2 aromatic heterocycles. The van der Waals surface area contributed by atoms with Crippen LogP contribution in [-0.2, 0) is 4.79 Å². The Balaban J connectivity index is 1.64. The van der Waals surface area contributed by atoms with Crippen LogP contribution in [0.15, 0.2) is 35.5 Å². The van der Waals surface area contributed by atoms with E-state index in [4.69, 9.17) is 4.98 Å². The largest absolute Gasteiger partial charge is 0.342 e. The minimum atomic E-state index is 0.174. The number of fused-ring (bicyclic) bond motifs is 1. The molecule has 0 N–H and O–H groups in total. The first-order valence-electron chi connectivity index (χ1n) is 8.32. The number of thioether (sulfide) groups is 1. The third kappa shape index (κ3) is 3.52. The summed E-state index contributed by atoms with van der Waals surface area (Å²) >= 11 is 2.98. The summed E-state index contributed by atoms with van der Waals surface area (Å²) < 4.78 is 0. The van der Waals surface area contributed by atoms with Gasteiger partial charge in [-0.3, -0.25) is 4.79 Å². The summed E-state index contributed by atoms with van der Waals surface area (Å²) in [4.78, 5) is 29.0. The minimum Gasteiger partial charge on any atom is -0.342 e. The average molecular weight is 371 g/mol. The molecule has 0 saturated carbocycles. The highest BCUT2D eigenvalue weighted by molar-refractivity contribution is 7.99. The van der Waals surface area contributed by atoms with Crippen LogP contribution in [0.5, 0.6) is 0 Å². The topological polar surface area (TPSA) is 59.0 Å². The monoisotopic (exact) mass is 370 g/mol. The quantitative estimate of drug-likeness (QED) is 0.517. The second-order valence-electron chi connectivity index (χ2n) is 5.98. The van der Waals surface area contributed by atoms with Gasteiger partial charge in [0, 0.05) is 18.7 Å². The van der Waals surface area contributed by atoms with Crippen LogP contribution in [0.1, 0.15) is 17.8 Å². The van der Waals surface area contributed by atoms with Crippen LogP contribution < -0.4 is 0 Å². The Morgan fingerprint density at radius 3 is 2.68 bits per heavy atom. The number of rotatable bonds is 4. The maximum Gasteiger partial charge on any atom is 0.233 e. The molecule has 1 aliphatic rings. The lowest BCUT2D eigenvalue weighted by Gasteiger charge is -2.14. The van der Waals surface area contributed by atoms with Crippen molar-refractivity contribution in [2.24, 2.45) is 0 Å². The van der Waals surface area contributed by atoms with E-state index >= 15 is 0 Å². The second-order valence-corrected chi connectivity index (χ2v) is 8.11. The number of hydrogen-bond acceptors (Lipinski definition) is 6. The SMILES string of the molecule is Cc1nc2c(-c3ccccc3)nc(SCC(=O)N3CCCC3)nc2s1. The van der Waals surface area contributed by atoms with Gasteiger partial charge < -0.3 is 4.90 Å². The summed E-state index contributed by atoms with van der Waals surface area (Å²) in [6, 6.07) is 10.0. The number of aryl methyl sites for hydroxylation is 1. The van der Waals surface area contributed by atoms with Crippen molar-refractivity contribution in [3.8, 4) is 11.3 Å². The smallest absolute Gasteiger partial charge is 0.233 e. The second kappa shape index (κ2) is 7.09. The van der Waals surface area contributed by atoms with Crippen molar-refractivity contribution < 1.29 is 4.79 Å². The van der Waals surface area contributed by atoms with E-state index < -0.39 is 0 Å². The number of aromatic nitrogens is 3. The average Bonchev–Trinajstić information content (AvgIpc) is 3.28. The Hall–Kier alpha value is -1.99. The van der Waals surface area contributed by atoms with Crippen LogP contribution in [0.25, 0.3) is 21.6 Å². The van der Waals surface area contributed by atoms with Crippen molar-refractivity contribution in [2.75, 3.05) is 18.8 Å². The van der Waals surface area contributed by atoms with E-state index in [1.165, 1.54) is 11.8 Å². The highest BCUT2D eigenvalue weighted by Gasteiger charge is 2.19. The number of carbonyl (C=O) groups excluding carboxylic acids is 1. The van der Waals surface area contributed by atoms with E-state index in [2.05, 4.69) is 9.97 Å². The molecule has 1 aliphatic heterocycles. The number of likely N-dealkylation sites (tertiary alicyclic amines) is 1. The van der Waals surface area contributed by atoms with Crippen molar-refractivity contribution >= 4 is 39.4 Å². The first-order valence-corrected chi connectivity index (χ1v) is 10.1. The molecular formula is C18H18N4OS2. The van der Waals surface area contributed by atoms with Gasteiger partial charge in [-0.15, -0.1) is 0 Å². The van der Waals surface area contributed by atoms with Gasteiger partial charge in [0.1, 0.15) is 16.0 Å². The predicted molar refractivity (Wildman–Crippen MR) is 102 cm³/mol. The van der Waals surface area contributed by atoms with E-state index in [1.807, 2.05) is 42.2 Å². The molecule has 3 aromatic rings. The summed E-state index contributed by atoms with van der Waals surface area (Å²) in [5.41, 5.74) is 2.70. The fourth-order valence-electron chi connectivity index (χ4n) is 2.95. The molecule has 7 heteroatoms. The van der Waals surface area contributed by atoms with Gasteiger partial charge in [-0.2, -0.15) is 0 Å². The highest BCUT2D eigenvalue weighted by Crippen LogP contribution is 2.31. The first-order chi connectivity index (χ1) is 12.2. The Kier molecular flexibility index (Phi) is 4.67. The number of hydrogen-bond donors (Lipinski definition) is 0. The fourth-order valence-corrected chi connectivity index (χ4v) is 4.55. The van der Waals surface area contributed by atoms with Crippen LogP contribution >= 0.6 is 23.1 Å². The Labute approximate surface area is 154 Å². The zero-order valence-electron chi connectivity index (χ0n) is 13.9. The molecule has 0 bridgehead atoms. The van der Waals surface area contributed by atoms with Crippen molar-refractivity contribution in [2.45, 2.75) is 24.9 Å². The predicted octanol–water partition coefficient (Wildman–Crippen LogP) is 3.78. The maximum atomic E-state index is 12.3. The molecule has 128 valence electrons. The number of benzene rings is 1. The van der Waals surface area contributed by atoms with Gasteiger partial charge in [0.05, 0.1) is 10.8 Å². The standard InChI is InChI=1S/C18H18N4OS2/c1-12-19-16-15(13-7-3-2-4-8-13)20-18(21-17(16)25-12)24-11-14(23)22-9-5-6-10-22/h2-4,7-8H,5-6,9-11H2,1H3. The molecule has 1 aromatic carbocycles. The molecule has 1 fully saturated rings. The van der Waals surface area contributed by atoms with Gasteiger partial charge in [0.15, 0.2) is 5.16 Å². The highest BCUT2D eigenvalue weighted by atomic mass is 32.2. The Morgan fingerprint density at radius 1 is 1.16 bits per heavy atom. The summed E-state index contributed by atoms with van der Waals surface area (Å²) in [5.74, 6) is 0.560. The molecule has 0 atom stereocenters. The number of carbonyl (C=O) groups is 1. The van der Waals surface area contributed by atoms with Crippen LogP contribution in [0.3, 0.4) is 0 Å². The zero-order chi connectivity index (χ0) is 17.2. The van der Waals surface area contributed by atoms with Crippen LogP contribution in [0.2, 0.25) is 0 Å². The van der Waals surface area contributed by atoms with E-state index in [1.54, 1.807) is 11.3 Å². The molecule has 3 heterocycles. The van der Waals surface area contributed by atoms with Gasteiger partial charge in [-0.1, -0.05) is 53.4 Å². The maximum absolute atomic E-state index is 12.3. The summed E-state index contributed by atoms with van der Waals surface area (Å²) in [6.07, 6.45) is 2.22. The lowest BCUT2D eigenvalue weighted by molar-refractivity contribution is -0.127. The number of amides is 1. The van der Waals surface area contributed by atoms with Crippen LogP contribution in [0, 0.1) is 6.92 Å². The molecule has 1 amide bonds. The summed E-state index contributed by atoms with van der Waals surface area (Å²) in [5, 5.41) is 1.61. The van der Waals surface area contributed by atoms with Crippen molar-refractivity contribution in [3.05, 3.63) is 35.3 Å². The Morgan fingerprint density at radius 2 is 1.92 bits per heavy atom. The number of thiazole rings is 1. The third-order valence-electron chi connectivity index (χ3n) is 4.18. The van der Waals surface area contributed by atoms with Gasteiger partial charge in [0.25, 0.3) is 0 Å². The Bertz CT molecular complexity index is 904. The third-order valence-corrected chi connectivity index (χ3v) is 5.87. The zero-order valence-corrected chi connectivity index (χ0v) is 15.6. The molecular weight excluding hydrogens is 352 g/mol. The van der Waals surface area contributed by atoms with Gasteiger partial charge >= 0.3 is 0 Å². The van der Waals surface area contributed by atoms with Crippen LogP contribution in [-0.4, -0.2) is 44.6 Å². The molecule has 0 spiro atoms. The molecule has 0 radical (unpaired) electrons. The normalized spacial score (nSPS) is 14.4. The molecule has 25 heavy (non-hydrogen) atoms. The van der Waals surface area contributed by atoms with E-state index in [9.17, 15) is 4.79 Å². The van der Waals surface area contributed by atoms with Gasteiger partial charge in [-0.05, 0) is 19.8 Å². The van der Waals surface area contributed by atoms with Crippen molar-refractivity contribution in [1.29, 1.82) is 0 Å². The fraction of sp³-hybridized carbons (Fsp3) is 0.333. The molecule has 5 nitrogen and oxygen atoms in total. The van der Waals surface area contributed by atoms with E-state index in [0.717, 1.165) is 52.5 Å². The minimum absolute atomic E-state index is 0.174.